The number of hydrogen-bond donors (Lipinski definition) is 0. The van der Waals surface area contributed by atoms with Crippen LogP contribution in [0.4, 0.5) is 0 Å². The van der Waals surface area contributed by atoms with E-state index in [1.165, 1.54) is 6.26 Å². The van der Waals surface area contributed by atoms with Gasteiger partial charge in [-0.1, -0.05) is 33.4 Å². The zero-order chi connectivity index (χ0) is 9.82. The number of rotatable bonds is 4. The first-order valence-corrected chi connectivity index (χ1v) is 4.45. The fourth-order valence-corrected chi connectivity index (χ4v) is 0.534. The summed E-state index contributed by atoms with van der Waals surface area (Å²) < 4.78 is 5.03. The summed E-state index contributed by atoms with van der Waals surface area (Å²) in [5.41, 5.74) is 0. The Morgan fingerprint density at radius 1 is 1.42 bits per heavy atom. The van der Waals surface area contributed by atoms with Crippen LogP contribution in [0.3, 0.4) is 0 Å². The molecule has 0 aliphatic carbocycles. The van der Waals surface area contributed by atoms with Crippen molar-refractivity contribution in [2.45, 2.75) is 34.1 Å². The molecule has 0 heterocycles. The molecule has 0 saturated heterocycles. The van der Waals surface area contributed by atoms with E-state index in [-0.39, 0.29) is 0 Å². The molecular formula is C11H20O. The van der Waals surface area contributed by atoms with Crippen LogP contribution in [-0.2, 0) is 4.74 Å². The molecule has 1 nitrogen and oxygen atoms in total. The largest absolute Gasteiger partial charge is 0.466 e. The molecule has 0 aromatic heterocycles. The molecule has 0 fully saturated rings. The van der Waals surface area contributed by atoms with Gasteiger partial charge in [-0.2, -0.15) is 0 Å². The van der Waals surface area contributed by atoms with Crippen LogP contribution in [0.1, 0.15) is 34.1 Å². The summed E-state index contributed by atoms with van der Waals surface area (Å²) >= 11 is 0. The van der Waals surface area contributed by atoms with Crippen molar-refractivity contribution in [1.29, 1.82) is 0 Å². The summed E-state index contributed by atoms with van der Waals surface area (Å²) in [5, 5.41) is 0. The molecule has 0 amide bonds. The van der Waals surface area contributed by atoms with E-state index in [2.05, 4.69) is 13.5 Å². The first kappa shape index (κ1) is 13.6. The Bertz CT molecular complexity index is 143. The molecule has 0 spiro atoms. The van der Waals surface area contributed by atoms with E-state index < -0.39 is 0 Å². The van der Waals surface area contributed by atoms with Crippen molar-refractivity contribution >= 4 is 0 Å². The fraction of sp³-hybridized carbons (Fsp3) is 0.455. The van der Waals surface area contributed by atoms with E-state index in [9.17, 15) is 0 Å². The lowest BCUT2D eigenvalue weighted by Gasteiger charge is -1.96. The molecule has 0 aromatic rings. The molecule has 0 N–H and O–H groups in total. The lowest BCUT2D eigenvalue weighted by Crippen LogP contribution is -1.77. The van der Waals surface area contributed by atoms with Gasteiger partial charge >= 0.3 is 0 Å². The molecule has 70 valence electrons. The Morgan fingerprint density at radius 2 is 2.00 bits per heavy atom. The van der Waals surface area contributed by atoms with Crippen LogP contribution in [0.5, 0.6) is 0 Å². The van der Waals surface area contributed by atoms with Gasteiger partial charge in [-0.25, -0.2) is 0 Å². The van der Waals surface area contributed by atoms with Crippen molar-refractivity contribution in [3.63, 3.8) is 0 Å². The minimum Gasteiger partial charge on any atom is -0.466 e. The molecule has 1 heteroatoms. The van der Waals surface area contributed by atoms with E-state index in [0.29, 0.717) is 0 Å². The topological polar surface area (TPSA) is 9.23 Å². The van der Waals surface area contributed by atoms with Gasteiger partial charge in [0.2, 0.25) is 0 Å². The van der Waals surface area contributed by atoms with Crippen LogP contribution < -0.4 is 0 Å². The third-order valence-electron chi connectivity index (χ3n) is 1.02. The lowest BCUT2D eigenvalue weighted by molar-refractivity contribution is 0.369. The van der Waals surface area contributed by atoms with E-state index in [0.717, 1.165) is 12.2 Å². The highest BCUT2D eigenvalue weighted by atomic mass is 16.5. The second-order valence-electron chi connectivity index (χ2n) is 1.79. The van der Waals surface area contributed by atoms with Crippen molar-refractivity contribution in [2.24, 2.45) is 0 Å². The lowest BCUT2D eigenvalue weighted by atomic mass is 10.3. The third-order valence-corrected chi connectivity index (χ3v) is 1.02. The second-order valence-corrected chi connectivity index (χ2v) is 1.79. The predicted molar refractivity (Wildman–Crippen MR) is 55.8 cm³/mol. The van der Waals surface area contributed by atoms with Gasteiger partial charge in [0.25, 0.3) is 0 Å². The smallest absolute Gasteiger partial charge is 0.121 e. The fourth-order valence-electron chi connectivity index (χ4n) is 0.534. The van der Waals surface area contributed by atoms with Crippen molar-refractivity contribution in [2.75, 3.05) is 0 Å². The highest BCUT2D eigenvalue weighted by molar-refractivity contribution is 5.11. The average molecular weight is 168 g/mol. The van der Waals surface area contributed by atoms with Gasteiger partial charge in [0.1, 0.15) is 5.76 Å². The summed E-state index contributed by atoms with van der Waals surface area (Å²) in [5.74, 6) is 0.844. The minimum atomic E-state index is 0.844. The van der Waals surface area contributed by atoms with Crippen LogP contribution in [0.2, 0.25) is 0 Å². The van der Waals surface area contributed by atoms with Crippen molar-refractivity contribution < 1.29 is 4.74 Å². The van der Waals surface area contributed by atoms with E-state index in [1.807, 2.05) is 39.0 Å². The Morgan fingerprint density at radius 3 is 2.33 bits per heavy atom. The molecule has 0 unspecified atom stereocenters. The quantitative estimate of drug-likeness (QED) is 0.454. The van der Waals surface area contributed by atoms with E-state index in [4.69, 9.17) is 4.74 Å². The van der Waals surface area contributed by atoms with Gasteiger partial charge in [0, 0.05) is 0 Å². The van der Waals surface area contributed by atoms with Crippen molar-refractivity contribution in [3.05, 3.63) is 36.8 Å². The maximum Gasteiger partial charge on any atom is 0.121 e. The Labute approximate surface area is 76.4 Å². The predicted octanol–water partition coefficient (Wildman–Crippen LogP) is 4.04. The Kier molecular flexibility index (Phi) is 14.4. The molecular weight excluding hydrogens is 148 g/mol. The van der Waals surface area contributed by atoms with Crippen LogP contribution in [0.25, 0.3) is 0 Å². The average Bonchev–Trinajstić information content (AvgIpc) is 2.15. The number of allylic oxidation sites excluding steroid dienone is 3. The van der Waals surface area contributed by atoms with Gasteiger partial charge in [0.05, 0.1) is 6.26 Å². The first-order valence-electron chi connectivity index (χ1n) is 4.45. The van der Waals surface area contributed by atoms with E-state index >= 15 is 0 Å². The Hall–Kier alpha value is -0.980. The molecule has 0 aliphatic heterocycles. The first-order chi connectivity index (χ1) is 5.85. The van der Waals surface area contributed by atoms with Gasteiger partial charge < -0.3 is 4.74 Å². The van der Waals surface area contributed by atoms with E-state index in [1.54, 1.807) is 0 Å². The summed E-state index contributed by atoms with van der Waals surface area (Å²) in [7, 11) is 0. The van der Waals surface area contributed by atoms with Gasteiger partial charge in [0.15, 0.2) is 0 Å². The molecule has 0 radical (unpaired) electrons. The highest BCUT2D eigenvalue weighted by Gasteiger charge is 1.83. The number of hydrogen-bond acceptors (Lipinski definition) is 1. The van der Waals surface area contributed by atoms with Crippen LogP contribution in [-0.4, -0.2) is 0 Å². The minimum absolute atomic E-state index is 0.844. The molecule has 0 saturated carbocycles. The summed E-state index contributed by atoms with van der Waals surface area (Å²) in [4.78, 5) is 0. The summed E-state index contributed by atoms with van der Waals surface area (Å²) in [6.45, 7) is 11.5. The number of ether oxygens (including phenoxy) is 1. The van der Waals surface area contributed by atoms with Gasteiger partial charge in [-0.15, -0.1) is 0 Å². The molecule has 0 aromatic carbocycles. The van der Waals surface area contributed by atoms with Gasteiger partial charge in [-0.05, 0) is 25.5 Å². The molecule has 12 heavy (non-hydrogen) atoms. The van der Waals surface area contributed by atoms with Crippen LogP contribution in [0, 0.1) is 0 Å². The maximum atomic E-state index is 5.03. The third kappa shape index (κ3) is 9.02. The SMILES string of the molecule is C=COC(/C=C\CC)=C\C.CC. The van der Waals surface area contributed by atoms with Crippen LogP contribution >= 0.6 is 0 Å². The van der Waals surface area contributed by atoms with Crippen molar-refractivity contribution in [1.82, 2.24) is 0 Å². The second kappa shape index (κ2) is 12.7. The van der Waals surface area contributed by atoms with Gasteiger partial charge in [-0.3, -0.25) is 0 Å². The normalized spacial score (nSPS) is 10.5. The maximum absolute atomic E-state index is 5.03. The van der Waals surface area contributed by atoms with Crippen molar-refractivity contribution in [3.8, 4) is 0 Å². The Balaban J connectivity index is 0. The monoisotopic (exact) mass is 168 g/mol. The zero-order valence-electron chi connectivity index (χ0n) is 8.63. The highest BCUT2D eigenvalue weighted by Crippen LogP contribution is 1.99. The molecule has 0 atom stereocenters. The van der Waals surface area contributed by atoms with Crippen LogP contribution in [0.15, 0.2) is 36.8 Å². The molecule has 0 aliphatic rings. The standard InChI is InChI=1S/C9H14O.C2H6/c1-4-7-8-9(5-2)10-6-3;1-2/h5-8H,3-4H2,1-2H3;1-2H3/b8-7-,9-5-;. The summed E-state index contributed by atoms with van der Waals surface area (Å²) in [6.07, 6.45) is 8.32. The molecule has 0 bridgehead atoms. The molecule has 0 rings (SSSR count). The zero-order valence-corrected chi connectivity index (χ0v) is 8.63. The summed E-state index contributed by atoms with van der Waals surface area (Å²) in [6, 6.07) is 0.